The molecule has 0 bridgehead atoms. The van der Waals surface area contributed by atoms with Crippen LogP contribution in [0.2, 0.25) is 0 Å². The summed E-state index contributed by atoms with van der Waals surface area (Å²) in [5.74, 6) is -4.14. The van der Waals surface area contributed by atoms with Gasteiger partial charge in [-0.05, 0) is 44.6 Å². The van der Waals surface area contributed by atoms with Gasteiger partial charge in [0.2, 0.25) is 17.7 Å². The van der Waals surface area contributed by atoms with Gasteiger partial charge in [0.05, 0.1) is 12.5 Å². The number of hydrogen-bond donors (Lipinski definition) is 5. The van der Waals surface area contributed by atoms with Gasteiger partial charge in [-0.2, -0.15) is 0 Å². The monoisotopic (exact) mass is 440 g/mol. The minimum absolute atomic E-state index is 0.0520. The van der Waals surface area contributed by atoms with Crippen molar-refractivity contribution in [2.75, 3.05) is 13.1 Å². The van der Waals surface area contributed by atoms with Gasteiger partial charge >= 0.3 is 11.9 Å². The van der Waals surface area contributed by atoms with Gasteiger partial charge in [-0.3, -0.25) is 19.2 Å². The van der Waals surface area contributed by atoms with Crippen molar-refractivity contribution in [3.05, 3.63) is 0 Å². The Morgan fingerprint density at radius 2 is 1.74 bits per heavy atom. The van der Waals surface area contributed by atoms with E-state index in [-0.39, 0.29) is 30.8 Å². The molecule has 2 aliphatic heterocycles. The number of nitrogens with zero attached hydrogens (tertiary/aromatic N) is 1. The lowest BCUT2D eigenvalue weighted by molar-refractivity contribution is -0.150. The summed E-state index contributed by atoms with van der Waals surface area (Å²) in [5.41, 5.74) is 0. The highest BCUT2D eigenvalue weighted by Crippen LogP contribution is 2.19. The molecule has 3 amide bonds. The fourth-order valence-electron chi connectivity index (χ4n) is 4.02. The Labute approximate surface area is 180 Å². The highest BCUT2D eigenvalue weighted by Gasteiger charge is 2.39. The van der Waals surface area contributed by atoms with E-state index in [1.54, 1.807) is 0 Å². The third kappa shape index (κ3) is 6.91. The highest BCUT2D eigenvalue weighted by molar-refractivity contribution is 5.95. The molecule has 174 valence electrons. The second-order valence-corrected chi connectivity index (χ2v) is 8.53. The molecular formula is C20H32N4O7. The second kappa shape index (κ2) is 11.1. The van der Waals surface area contributed by atoms with Crippen molar-refractivity contribution >= 4 is 29.7 Å². The molecule has 5 N–H and O–H groups in total. The van der Waals surface area contributed by atoms with Gasteiger partial charge in [-0.1, -0.05) is 13.8 Å². The first-order valence-corrected chi connectivity index (χ1v) is 10.7. The van der Waals surface area contributed by atoms with E-state index in [0.717, 1.165) is 17.9 Å². The number of carboxylic acids is 2. The Morgan fingerprint density at radius 3 is 2.29 bits per heavy atom. The minimum Gasteiger partial charge on any atom is -0.481 e. The summed E-state index contributed by atoms with van der Waals surface area (Å²) in [4.78, 5) is 62.1. The quantitative estimate of drug-likeness (QED) is 0.298. The molecular weight excluding hydrogens is 408 g/mol. The lowest BCUT2D eigenvalue weighted by Gasteiger charge is -2.28. The number of amides is 3. The lowest BCUT2D eigenvalue weighted by Crippen LogP contribution is -2.57. The van der Waals surface area contributed by atoms with Crippen LogP contribution >= 0.6 is 0 Å². The van der Waals surface area contributed by atoms with Crippen molar-refractivity contribution in [2.24, 2.45) is 5.92 Å². The van der Waals surface area contributed by atoms with Crippen LogP contribution in [0.1, 0.15) is 52.4 Å². The van der Waals surface area contributed by atoms with Gasteiger partial charge in [0.25, 0.3) is 0 Å². The van der Waals surface area contributed by atoms with Gasteiger partial charge in [0.1, 0.15) is 18.1 Å². The summed E-state index contributed by atoms with van der Waals surface area (Å²) in [7, 11) is 0. The lowest BCUT2D eigenvalue weighted by atomic mass is 10.0. The van der Waals surface area contributed by atoms with Crippen molar-refractivity contribution in [1.29, 1.82) is 0 Å². The van der Waals surface area contributed by atoms with Crippen molar-refractivity contribution in [3.63, 3.8) is 0 Å². The zero-order valence-corrected chi connectivity index (χ0v) is 17.9. The molecule has 0 saturated carbocycles. The van der Waals surface area contributed by atoms with E-state index in [4.69, 9.17) is 0 Å². The van der Waals surface area contributed by atoms with Crippen LogP contribution in [0, 0.1) is 5.92 Å². The third-order valence-electron chi connectivity index (χ3n) is 5.53. The van der Waals surface area contributed by atoms with E-state index in [2.05, 4.69) is 16.0 Å². The Kier molecular flexibility index (Phi) is 8.78. The van der Waals surface area contributed by atoms with Crippen molar-refractivity contribution < 1.29 is 34.2 Å². The first-order chi connectivity index (χ1) is 14.6. The Bertz CT molecular complexity index is 706. The van der Waals surface area contributed by atoms with E-state index < -0.39 is 48.3 Å². The van der Waals surface area contributed by atoms with Crippen LogP contribution in [0.25, 0.3) is 0 Å². The number of carbonyl (C=O) groups is 5. The molecule has 0 aromatic heterocycles. The molecule has 31 heavy (non-hydrogen) atoms. The predicted octanol–water partition coefficient (Wildman–Crippen LogP) is -0.696. The fraction of sp³-hybridized carbons (Fsp3) is 0.750. The van der Waals surface area contributed by atoms with Gasteiger partial charge < -0.3 is 31.1 Å². The molecule has 2 heterocycles. The Morgan fingerprint density at radius 1 is 1.03 bits per heavy atom. The summed E-state index contributed by atoms with van der Waals surface area (Å²) >= 11 is 0. The van der Waals surface area contributed by atoms with E-state index >= 15 is 0 Å². The third-order valence-corrected chi connectivity index (χ3v) is 5.53. The molecule has 4 atom stereocenters. The van der Waals surface area contributed by atoms with Crippen molar-refractivity contribution in [2.45, 2.75) is 76.5 Å². The molecule has 0 radical (unpaired) electrons. The maximum Gasteiger partial charge on any atom is 0.326 e. The average molecular weight is 440 g/mol. The molecule has 4 unspecified atom stereocenters. The molecule has 2 aliphatic rings. The Hall–Kier alpha value is -2.69. The number of aliphatic carboxylic acids is 2. The minimum atomic E-state index is -1.42. The van der Waals surface area contributed by atoms with E-state index in [1.165, 1.54) is 0 Å². The van der Waals surface area contributed by atoms with Crippen molar-refractivity contribution in [3.8, 4) is 0 Å². The molecule has 0 aromatic rings. The van der Waals surface area contributed by atoms with E-state index in [9.17, 15) is 34.2 Å². The number of nitrogens with one attached hydrogen (secondary N) is 3. The normalized spacial score (nSPS) is 22.7. The SMILES string of the molecule is CC(C)CC(NC(=O)C1CCCN1)C(=O)NC(CC(=O)O)C(=O)N1CCCC1C(=O)O. The zero-order valence-electron chi connectivity index (χ0n) is 17.9. The van der Waals surface area contributed by atoms with Gasteiger partial charge in [0.15, 0.2) is 0 Å². The standard InChI is InChI=1S/C20H32N4O7/c1-11(2)9-13(22-17(27)12-5-3-7-21-12)18(28)23-14(10-16(25)26)19(29)24-8-4-6-15(24)20(30)31/h11-15,21H,3-10H2,1-2H3,(H,22,27)(H,23,28)(H,25,26)(H,30,31). The van der Waals surface area contributed by atoms with Crippen LogP contribution in [-0.2, 0) is 24.0 Å². The van der Waals surface area contributed by atoms with Crippen LogP contribution in [0.15, 0.2) is 0 Å². The summed E-state index contributed by atoms with van der Waals surface area (Å²) in [6.45, 7) is 4.65. The zero-order chi connectivity index (χ0) is 23.1. The number of likely N-dealkylation sites (tertiary alicyclic amines) is 1. The topological polar surface area (TPSA) is 165 Å². The molecule has 11 nitrogen and oxygen atoms in total. The van der Waals surface area contributed by atoms with E-state index in [0.29, 0.717) is 19.3 Å². The molecule has 2 saturated heterocycles. The second-order valence-electron chi connectivity index (χ2n) is 8.53. The first-order valence-electron chi connectivity index (χ1n) is 10.7. The van der Waals surface area contributed by atoms with Crippen molar-refractivity contribution in [1.82, 2.24) is 20.9 Å². The average Bonchev–Trinajstić information content (AvgIpc) is 3.37. The highest BCUT2D eigenvalue weighted by atomic mass is 16.4. The van der Waals surface area contributed by atoms with Crippen LogP contribution in [-0.4, -0.2) is 82.0 Å². The van der Waals surface area contributed by atoms with Crippen LogP contribution in [0.4, 0.5) is 0 Å². The predicted molar refractivity (Wildman–Crippen MR) is 109 cm³/mol. The summed E-state index contributed by atoms with van der Waals surface area (Å²) < 4.78 is 0. The number of hydrogen-bond acceptors (Lipinski definition) is 6. The molecule has 0 aromatic carbocycles. The molecule has 11 heteroatoms. The van der Waals surface area contributed by atoms with E-state index in [1.807, 2.05) is 13.8 Å². The first kappa shape index (κ1) is 24.6. The molecule has 0 aliphatic carbocycles. The number of carboxylic acid groups (broad SMARTS) is 2. The largest absolute Gasteiger partial charge is 0.481 e. The molecule has 2 fully saturated rings. The summed E-state index contributed by atoms with van der Waals surface area (Å²) in [6, 6.07) is -3.78. The summed E-state index contributed by atoms with van der Waals surface area (Å²) in [5, 5.41) is 26.7. The molecule has 2 rings (SSSR count). The maximum absolute atomic E-state index is 12.9. The number of rotatable bonds is 10. The van der Waals surface area contributed by atoms with Crippen LogP contribution in [0.3, 0.4) is 0 Å². The smallest absolute Gasteiger partial charge is 0.326 e. The van der Waals surface area contributed by atoms with Crippen LogP contribution < -0.4 is 16.0 Å². The number of carbonyl (C=O) groups excluding carboxylic acids is 3. The maximum atomic E-state index is 12.9. The Balaban J connectivity index is 2.12. The van der Waals surface area contributed by atoms with Gasteiger partial charge in [0, 0.05) is 6.54 Å². The van der Waals surface area contributed by atoms with Gasteiger partial charge in [-0.25, -0.2) is 4.79 Å². The van der Waals surface area contributed by atoms with Crippen LogP contribution in [0.5, 0.6) is 0 Å². The van der Waals surface area contributed by atoms with Gasteiger partial charge in [-0.15, -0.1) is 0 Å². The summed E-state index contributed by atoms with van der Waals surface area (Å²) in [6.07, 6.45) is 1.90. The molecule has 0 spiro atoms. The fourth-order valence-corrected chi connectivity index (χ4v) is 4.02.